The summed E-state index contributed by atoms with van der Waals surface area (Å²) in [7, 11) is 0. The van der Waals surface area contributed by atoms with Crippen LogP contribution < -0.4 is 10.9 Å². The Kier molecular flexibility index (Phi) is 4.36. The molecular weight excluding hydrogens is 334 g/mol. The average molecular weight is 353 g/mol. The van der Waals surface area contributed by atoms with E-state index in [9.17, 15) is 9.59 Å². The fourth-order valence-electron chi connectivity index (χ4n) is 3.27. The van der Waals surface area contributed by atoms with Crippen LogP contribution in [-0.2, 0) is 24.2 Å². The summed E-state index contributed by atoms with van der Waals surface area (Å²) in [5.74, 6) is 0.800. The third-order valence-electron chi connectivity index (χ3n) is 4.51. The quantitative estimate of drug-likeness (QED) is 0.785. The molecule has 0 fully saturated rings. The van der Waals surface area contributed by atoms with Crippen molar-refractivity contribution in [3.63, 3.8) is 0 Å². The molecule has 0 bridgehead atoms. The Labute approximate surface area is 149 Å². The fraction of sp³-hybridized carbons (Fsp3) is 0.316. The van der Waals surface area contributed by atoms with Gasteiger partial charge in [-0.3, -0.25) is 14.2 Å². The molecule has 0 spiro atoms. The summed E-state index contributed by atoms with van der Waals surface area (Å²) in [6.45, 7) is 0.728. The molecule has 3 heterocycles. The van der Waals surface area contributed by atoms with Crippen molar-refractivity contribution < 1.29 is 4.79 Å². The van der Waals surface area contributed by atoms with Gasteiger partial charge in [-0.05, 0) is 42.5 Å². The van der Waals surface area contributed by atoms with Gasteiger partial charge >= 0.3 is 0 Å². The number of hydrogen-bond donors (Lipinski definition) is 1. The number of rotatable bonds is 3. The first-order valence-corrected chi connectivity index (χ1v) is 9.44. The van der Waals surface area contributed by atoms with Crippen LogP contribution >= 0.6 is 11.3 Å². The molecule has 3 aromatic rings. The predicted octanol–water partition coefficient (Wildman–Crippen LogP) is 3.37. The normalized spacial score (nSPS) is 14.1. The summed E-state index contributed by atoms with van der Waals surface area (Å²) in [5.41, 5.74) is 1.34. The Bertz CT molecular complexity index is 976. The van der Waals surface area contributed by atoms with Crippen LogP contribution in [0, 0.1) is 0 Å². The molecule has 0 atom stereocenters. The van der Waals surface area contributed by atoms with Gasteiger partial charge in [-0.1, -0.05) is 12.5 Å². The number of aromatic nitrogens is 2. The van der Waals surface area contributed by atoms with Crippen LogP contribution in [-0.4, -0.2) is 15.5 Å². The minimum Gasteiger partial charge on any atom is -0.326 e. The van der Waals surface area contributed by atoms with Gasteiger partial charge in [0.05, 0.1) is 17.3 Å². The minimum absolute atomic E-state index is 0.00347. The molecule has 1 amide bonds. The van der Waals surface area contributed by atoms with Gasteiger partial charge in [-0.15, -0.1) is 11.3 Å². The first kappa shape index (κ1) is 16.0. The van der Waals surface area contributed by atoms with Crippen molar-refractivity contribution in [2.24, 2.45) is 0 Å². The van der Waals surface area contributed by atoms with Crippen LogP contribution in [0.2, 0.25) is 0 Å². The zero-order valence-electron chi connectivity index (χ0n) is 13.8. The lowest BCUT2D eigenvalue weighted by Gasteiger charge is -2.11. The molecule has 1 aromatic carbocycles. The second kappa shape index (κ2) is 6.80. The Morgan fingerprint density at radius 3 is 3.00 bits per heavy atom. The first-order valence-electron chi connectivity index (χ1n) is 8.56. The lowest BCUT2D eigenvalue weighted by molar-refractivity contribution is -0.115. The highest BCUT2D eigenvalue weighted by Gasteiger charge is 2.14. The molecule has 0 aliphatic carbocycles. The van der Waals surface area contributed by atoms with E-state index in [0.717, 1.165) is 42.9 Å². The Morgan fingerprint density at radius 2 is 2.16 bits per heavy atom. The van der Waals surface area contributed by atoms with Gasteiger partial charge in [0.25, 0.3) is 5.56 Å². The zero-order chi connectivity index (χ0) is 17.2. The maximum Gasteiger partial charge on any atom is 0.261 e. The van der Waals surface area contributed by atoms with Crippen LogP contribution in [0.3, 0.4) is 0 Å². The molecular formula is C19H19N3O2S. The summed E-state index contributed by atoms with van der Waals surface area (Å²) >= 11 is 1.56. The molecule has 0 unspecified atom stereocenters. The second-order valence-corrected chi connectivity index (χ2v) is 7.36. The lowest BCUT2D eigenvalue weighted by Crippen LogP contribution is -2.24. The third kappa shape index (κ3) is 3.35. The van der Waals surface area contributed by atoms with Crippen LogP contribution in [0.1, 0.15) is 30.0 Å². The molecule has 2 aromatic heterocycles. The van der Waals surface area contributed by atoms with Crippen LogP contribution in [0.5, 0.6) is 0 Å². The fourth-order valence-corrected chi connectivity index (χ4v) is 3.98. The molecule has 128 valence electrons. The number of benzene rings is 1. The first-order chi connectivity index (χ1) is 12.2. The van der Waals surface area contributed by atoms with Crippen LogP contribution in [0.15, 0.2) is 40.5 Å². The number of nitrogens with one attached hydrogen (secondary N) is 1. The van der Waals surface area contributed by atoms with Crippen molar-refractivity contribution in [1.29, 1.82) is 0 Å². The van der Waals surface area contributed by atoms with Crippen molar-refractivity contribution in [2.45, 2.75) is 38.6 Å². The van der Waals surface area contributed by atoms with Crippen molar-refractivity contribution in [2.75, 3.05) is 5.32 Å². The third-order valence-corrected chi connectivity index (χ3v) is 5.39. The summed E-state index contributed by atoms with van der Waals surface area (Å²) < 4.78 is 1.80. The van der Waals surface area contributed by atoms with E-state index < -0.39 is 0 Å². The van der Waals surface area contributed by atoms with E-state index in [1.807, 2.05) is 29.6 Å². The van der Waals surface area contributed by atoms with E-state index >= 15 is 0 Å². The van der Waals surface area contributed by atoms with Crippen molar-refractivity contribution >= 4 is 33.8 Å². The molecule has 1 aliphatic heterocycles. The van der Waals surface area contributed by atoms with E-state index in [4.69, 9.17) is 0 Å². The number of hydrogen-bond acceptors (Lipinski definition) is 4. The average Bonchev–Trinajstić information content (AvgIpc) is 2.98. The van der Waals surface area contributed by atoms with Crippen molar-refractivity contribution in [3.8, 4) is 0 Å². The maximum atomic E-state index is 12.8. The van der Waals surface area contributed by atoms with Gasteiger partial charge in [0.15, 0.2) is 0 Å². The summed E-state index contributed by atoms with van der Waals surface area (Å²) in [5, 5.41) is 5.41. The zero-order valence-corrected chi connectivity index (χ0v) is 14.6. The van der Waals surface area contributed by atoms with Crippen molar-refractivity contribution in [3.05, 3.63) is 56.8 Å². The van der Waals surface area contributed by atoms with E-state index in [1.165, 1.54) is 0 Å². The number of amides is 1. The predicted molar refractivity (Wildman–Crippen MR) is 100 cm³/mol. The molecule has 5 nitrogen and oxygen atoms in total. The molecule has 1 N–H and O–H groups in total. The molecule has 0 saturated carbocycles. The number of nitrogens with zero attached hydrogens (tertiary/aromatic N) is 2. The molecule has 6 heteroatoms. The van der Waals surface area contributed by atoms with E-state index in [2.05, 4.69) is 10.3 Å². The van der Waals surface area contributed by atoms with E-state index in [0.29, 0.717) is 23.0 Å². The van der Waals surface area contributed by atoms with E-state index in [-0.39, 0.29) is 11.5 Å². The molecule has 4 rings (SSSR count). The highest BCUT2D eigenvalue weighted by atomic mass is 32.1. The van der Waals surface area contributed by atoms with Gasteiger partial charge in [-0.2, -0.15) is 0 Å². The molecule has 1 aliphatic rings. The van der Waals surface area contributed by atoms with Gasteiger partial charge in [0.1, 0.15) is 5.82 Å². The van der Waals surface area contributed by atoms with Crippen LogP contribution in [0.25, 0.3) is 10.9 Å². The van der Waals surface area contributed by atoms with Gasteiger partial charge in [0, 0.05) is 23.5 Å². The molecule has 0 radical (unpaired) electrons. The Morgan fingerprint density at radius 1 is 1.24 bits per heavy atom. The number of aryl methyl sites for hydroxylation is 1. The highest BCUT2D eigenvalue weighted by Crippen LogP contribution is 2.19. The monoisotopic (exact) mass is 353 g/mol. The largest absolute Gasteiger partial charge is 0.326 e. The summed E-state index contributed by atoms with van der Waals surface area (Å²) in [4.78, 5) is 30.7. The van der Waals surface area contributed by atoms with Gasteiger partial charge < -0.3 is 5.32 Å². The molecule has 25 heavy (non-hydrogen) atoms. The number of carbonyl (C=O) groups excluding carboxylic acids is 1. The summed E-state index contributed by atoms with van der Waals surface area (Å²) in [6, 6.07) is 9.26. The summed E-state index contributed by atoms with van der Waals surface area (Å²) in [6.07, 6.45) is 4.41. The number of thiophene rings is 1. The van der Waals surface area contributed by atoms with Crippen LogP contribution in [0.4, 0.5) is 5.69 Å². The number of fused-ring (bicyclic) bond motifs is 2. The standard InChI is InChI=1S/C19H19N3O2S/c23-18(12-14-5-4-10-25-14)20-13-7-8-16-15(11-13)19(24)22-9-3-1-2-6-17(22)21-16/h4-5,7-8,10-11H,1-3,6,9,12H2,(H,20,23). The minimum atomic E-state index is -0.0791. The topological polar surface area (TPSA) is 64.0 Å². The molecule has 0 saturated heterocycles. The smallest absolute Gasteiger partial charge is 0.261 e. The van der Waals surface area contributed by atoms with Crippen molar-refractivity contribution in [1.82, 2.24) is 9.55 Å². The lowest BCUT2D eigenvalue weighted by atomic mass is 10.2. The Hall–Kier alpha value is -2.47. The number of anilines is 1. The SMILES string of the molecule is O=C(Cc1cccs1)Nc1ccc2nc3n(c(=O)c2c1)CCCCC3. The Balaban J connectivity index is 1.64. The second-order valence-electron chi connectivity index (χ2n) is 6.33. The highest BCUT2D eigenvalue weighted by molar-refractivity contribution is 7.10. The maximum absolute atomic E-state index is 12.8. The van der Waals surface area contributed by atoms with Gasteiger partial charge in [0.2, 0.25) is 5.91 Å². The van der Waals surface area contributed by atoms with E-state index in [1.54, 1.807) is 22.0 Å². The van der Waals surface area contributed by atoms with Gasteiger partial charge in [-0.25, -0.2) is 4.98 Å². The number of carbonyl (C=O) groups is 1.